The van der Waals surface area contributed by atoms with Gasteiger partial charge in [-0.1, -0.05) is 23.9 Å². The molecule has 138 valence electrons. The summed E-state index contributed by atoms with van der Waals surface area (Å²) in [6, 6.07) is 10.0. The van der Waals surface area contributed by atoms with Crippen molar-refractivity contribution in [2.24, 2.45) is 7.05 Å². The van der Waals surface area contributed by atoms with Crippen LogP contribution in [0.2, 0.25) is 0 Å². The maximum atomic E-state index is 12.4. The highest BCUT2D eigenvalue weighted by Gasteiger charge is 2.14. The van der Waals surface area contributed by atoms with E-state index < -0.39 is 11.9 Å². The molecule has 2 N–H and O–H groups in total. The van der Waals surface area contributed by atoms with E-state index in [2.05, 4.69) is 20.5 Å². The average Bonchev–Trinajstić information content (AvgIpc) is 3.06. The highest BCUT2D eigenvalue weighted by molar-refractivity contribution is 7.99. The first-order chi connectivity index (χ1) is 12.9. The summed E-state index contributed by atoms with van der Waals surface area (Å²) in [4.78, 5) is 27.4. The SMILES string of the molecule is C[C@H](Sc1nncn1C)c1cccc(NC(=O)c2cc(C(=O)O)ccn2)c1. The van der Waals surface area contributed by atoms with Crippen molar-refractivity contribution in [2.45, 2.75) is 17.3 Å². The standard InChI is InChI=1S/C18H17N5O3S/c1-11(27-18-22-20-10-23(18)2)12-4-3-5-14(8-12)21-16(24)15-9-13(17(25)26)6-7-19-15/h3-11H,1-2H3,(H,21,24)(H,25,26)/t11-/m0/s1. The van der Waals surface area contributed by atoms with Crippen LogP contribution in [-0.4, -0.2) is 36.7 Å². The van der Waals surface area contributed by atoms with Crippen molar-refractivity contribution < 1.29 is 14.7 Å². The molecule has 1 atom stereocenters. The van der Waals surface area contributed by atoms with Gasteiger partial charge in [0.15, 0.2) is 5.16 Å². The van der Waals surface area contributed by atoms with Crippen molar-refractivity contribution in [3.8, 4) is 0 Å². The predicted octanol–water partition coefficient (Wildman–Crippen LogP) is 3.01. The van der Waals surface area contributed by atoms with Gasteiger partial charge >= 0.3 is 5.97 Å². The van der Waals surface area contributed by atoms with Crippen LogP contribution in [0.25, 0.3) is 0 Å². The van der Waals surface area contributed by atoms with Gasteiger partial charge in [0.1, 0.15) is 12.0 Å². The predicted molar refractivity (Wildman–Crippen MR) is 101 cm³/mol. The molecule has 9 heteroatoms. The number of hydrogen-bond donors (Lipinski definition) is 2. The molecule has 0 aliphatic heterocycles. The zero-order valence-electron chi connectivity index (χ0n) is 14.7. The molecule has 27 heavy (non-hydrogen) atoms. The Morgan fingerprint density at radius 2 is 2.07 bits per heavy atom. The number of rotatable bonds is 6. The van der Waals surface area contributed by atoms with Crippen LogP contribution in [-0.2, 0) is 7.05 Å². The number of hydrogen-bond acceptors (Lipinski definition) is 6. The lowest BCUT2D eigenvalue weighted by molar-refractivity contribution is 0.0696. The molecule has 1 amide bonds. The van der Waals surface area contributed by atoms with Crippen LogP contribution in [0.15, 0.2) is 54.1 Å². The van der Waals surface area contributed by atoms with E-state index in [4.69, 9.17) is 5.11 Å². The summed E-state index contributed by atoms with van der Waals surface area (Å²) in [6.45, 7) is 2.04. The fraction of sp³-hybridized carbons (Fsp3) is 0.167. The van der Waals surface area contributed by atoms with Crippen LogP contribution in [0.4, 0.5) is 5.69 Å². The Morgan fingerprint density at radius 3 is 2.78 bits per heavy atom. The Bertz CT molecular complexity index is 988. The molecule has 1 aromatic carbocycles. The zero-order chi connectivity index (χ0) is 19.4. The summed E-state index contributed by atoms with van der Waals surface area (Å²) in [7, 11) is 1.88. The van der Waals surface area contributed by atoms with E-state index in [1.54, 1.807) is 24.2 Å². The second kappa shape index (κ2) is 8.00. The van der Waals surface area contributed by atoms with Gasteiger partial charge < -0.3 is 15.0 Å². The lowest BCUT2D eigenvalue weighted by Crippen LogP contribution is -2.14. The number of carboxylic acids is 1. The van der Waals surface area contributed by atoms with Gasteiger partial charge in [-0.25, -0.2) is 4.79 Å². The Labute approximate surface area is 159 Å². The number of thioether (sulfide) groups is 1. The minimum absolute atomic E-state index is 0.0117. The molecule has 3 rings (SSSR count). The Kier molecular flexibility index (Phi) is 5.51. The van der Waals surface area contributed by atoms with Crippen molar-refractivity contribution >= 4 is 29.3 Å². The number of anilines is 1. The molecule has 0 aliphatic carbocycles. The van der Waals surface area contributed by atoms with Gasteiger partial charge in [0.2, 0.25) is 0 Å². The molecule has 0 saturated carbocycles. The summed E-state index contributed by atoms with van der Waals surface area (Å²) in [5, 5.41) is 20.6. The third-order valence-electron chi connectivity index (χ3n) is 3.81. The van der Waals surface area contributed by atoms with E-state index in [1.165, 1.54) is 18.3 Å². The second-order valence-electron chi connectivity index (χ2n) is 5.80. The number of carbonyl (C=O) groups is 2. The minimum atomic E-state index is -1.11. The number of carboxylic acid groups (broad SMARTS) is 1. The number of aryl methyl sites for hydroxylation is 1. The fourth-order valence-electron chi connectivity index (χ4n) is 2.36. The van der Waals surface area contributed by atoms with Crippen molar-refractivity contribution in [3.05, 3.63) is 65.7 Å². The monoisotopic (exact) mass is 383 g/mol. The van der Waals surface area contributed by atoms with Crippen molar-refractivity contribution in [3.63, 3.8) is 0 Å². The van der Waals surface area contributed by atoms with Crippen LogP contribution < -0.4 is 5.32 Å². The lowest BCUT2D eigenvalue weighted by atomic mass is 10.1. The zero-order valence-corrected chi connectivity index (χ0v) is 15.5. The summed E-state index contributed by atoms with van der Waals surface area (Å²) >= 11 is 1.56. The molecule has 0 radical (unpaired) electrons. The first-order valence-electron chi connectivity index (χ1n) is 8.05. The molecule has 0 unspecified atom stereocenters. The first kappa shape index (κ1) is 18.6. The maximum Gasteiger partial charge on any atom is 0.335 e. The van der Waals surface area contributed by atoms with Gasteiger partial charge in [-0.3, -0.25) is 9.78 Å². The van der Waals surface area contributed by atoms with Gasteiger partial charge in [-0.05, 0) is 36.8 Å². The number of aromatic carboxylic acids is 1. The second-order valence-corrected chi connectivity index (χ2v) is 7.11. The topological polar surface area (TPSA) is 110 Å². The Morgan fingerprint density at radius 1 is 1.26 bits per heavy atom. The van der Waals surface area contributed by atoms with Crippen LogP contribution >= 0.6 is 11.8 Å². The molecule has 0 aliphatic rings. The van der Waals surface area contributed by atoms with Crippen molar-refractivity contribution in [2.75, 3.05) is 5.32 Å². The Hall–Kier alpha value is -3.20. The molecule has 2 heterocycles. The summed E-state index contributed by atoms with van der Waals surface area (Å²) < 4.78 is 1.84. The van der Waals surface area contributed by atoms with Crippen LogP contribution in [0.5, 0.6) is 0 Å². The van der Waals surface area contributed by atoms with Gasteiger partial charge in [-0.2, -0.15) is 0 Å². The third kappa shape index (κ3) is 4.50. The molecule has 0 fully saturated rings. The molecule has 0 bridgehead atoms. The largest absolute Gasteiger partial charge is 0.478 e. The number of aromatic nitrogens is 4. The van der Waals surface area contributed by atoms with E-state index in [0.717, 1.165) is 10.7 Å². The van der Waals surface area contributed by atoms with Crippen molar-refractivity contribution in [1.29, 1.82) is 0 Å². The van der Waals surface area contributed by atoms with E-state index in [1.807, 2.05) is 36.7 Å². The fourth-order valence-corrected chi connectivity index (χ4v) is 3.26. The van der Waals surface area contributed by atoms with Crippen molar-refractivity contribution in [1.82, 2.24) is 19.7 Å². The summed E-state index contributed by atoms with van der Waals surface area (Å²) in [5.74, 6) is -1.58. The number of nitrogens with one attached hydrogen (secondary N) is 1. The van der Waals surface area contributed by atoms with Gasteiger partial charge in [0, 0.05) is 24.2 Å². The molecule has 3 aromatic rings. The van der Waals surface area contributed by atoms with Gasteiger partial charge in [-0.15, -0.1) is 10.2 Å². The van der Waals surface area contributed by atoms with E-state index in [0.29, 0.717) is 5.69 Å². The van der Waals surface area contributed by atoms with Gasteiger partial charge in [0.05, 0.1) is 5.56 Å². The normalized spacial score (nSPS) is 11.8. The third-order valence-corrected chi connectivity index (χ3v) is 5.01. The van der Waals surface area contributed by atoms with E-state index in [9.17, 15) is 9.59 Å². The molecule has 0 saturated heterocycles. The molecular weight excluding hydrogens is 366 g/mol. The highest BCUT2D eigenvalue weighted by Crippen LogP contribution is 2.34. The lowest BCUT2D eigenvalue weighted by Gasteiger charge is -2.13. The van der Waals surface area contributed by atoms with E-state index >= 15 is 0 Å². The molecule has 8 nitrogen and oxygen atoms in total. The summed E-state index contributed by atoms with van der Waals surface area (Å²) in [6.07, 6.45) is 2.94. The number of carbonyl (C=O) groups excluding carboxylic acids is 1. The number of benzene rings is 1. The maximum absolute atomic E-state index is 12.4. The Balaban J connectivity index is 1.73. The van der Waals surface area contributed by atoms with Crippen LogP contribution in [0.1, 0.15) is 38.6 Å². The molecular formula is C18H17N5O3S. The number of amides is 1. The van der Waals surface area contributed by atoms with E-state index in [-0.39, 0.29) is 16.5 Å². The summed E-state index contributed by atoms with van der Waals surface area (Å²) in [5.41, 5.74) is 1.66. The average molecular weight is 383 g/mol. The highest BCUT2D eigenvalue weighted by atomic mass is 32.2. The smallest absolute Gasteiger partial charge is 0.335 e. The van der Waals surface area contributed by atoms with Crippen LogP contribution in [0.3, 0.4) is 0 Å². The van der Waals surface area contributed by atoms with Crippen LogP contribution in [0, 0.1) is 0 Å². The first-order valence-corrected chi connectivity index (χ1v) is 8.93. The molecule has 0 spiro atoms. The molecule has 2 aromatic heterocycles. The quantitative estimate of drug-likeness (QED) is 0.630. The number of nitrogens with zero attached hydrogens (tertiary/aromatic N) is 4. The minimum Gasteiger partial charge on any atom is -0.478 e. The number of pyridine rings is 1. The van der Waals surface area contributed by atoms with Gasteiger partial charge in [0.25, 0.3) is 5.91 Å².